The Morgan fingerprint density at radius 2 is 2.04 bits per heavy atom. The summed E-state index contributed by atoms with van der Waals surface area (Å²) in [7, 11) is 0. The number of nitrogens with zero attached hydrogens (tertiary/aromatic N) is 3. The monoisotopic (exact) mass is 412 g/mol. The second kappa shape index (κ2) is 9.57. The molecule has 1 amide bonds. The number of hydrogen-bond donors (Lipinski definition) is 1. The molecule has 0 radical (unpaired) electrons. The summed E-state index contributed by atoms with van der Waals surface area (Å²) >= 11 is 7.43. The number of carbonyl (C=O) groups is 1. The van der Waals surface area contributed by atoms with Gasteiger partial charge in [-0.1, -0.05) is 60.6 Å². The maximum Gasteiger partial charge on any atom is 0.234 e. The highest BCUT2D eigenvalue weighted by Gasteiger charge is 2.15. The van der Waals surface area contributed by atoms with Crippen molar-refractivity contribution in [2.75, 3.05) is 11.1 Å². The highest BCUT2D eigenvalue weighted by Crippen LogP contribution is 2.26. The standard InChI is InChI=1S/C21H21ClN4OS/c1-3-12-26-20(16-6-5-7-17(22)13-16)24-25-21(26)28-14-19(27)23-18-10-8-15(4-2)9-11-18/h3,5-11,13H,1,4,12,14H2,2H3,(H,23,27). The van der Waals surface area contributed by atoms with E-state index >= 15 is 0 Å². The molecule has 1 heterocycles. The van der Waals surface area contributed by atoms with E-state index in [2.05, 4.69) is 29.0 Å². The molecule has 0 aliphatic rings. The molecular weight excluding hydrogens is 392 g/mol. The Bertz CT molecular complexity index is 969. The van der Waals surface area contributed by atoms with Gasteiger partial charge in [-0.15, -0.1) is 16.8 Å². The SMILES string of the molecule is C=CCn1c(SCC(=O)Nc2ccc(CC)cc2)nnc1-c1cccc(Cl)c1. The van der Waals surface area contributed by atoms with E-state index in [-0.39, 0.29) is 11.7 Å². The summed E-state index contributed by atoms with van der Waals surface area (Å²) in [6, 6.07) is 15.3. The van der Waals surface area contributed by atoms with Crippen molar-refractivity contribution in [1.82, 2.24) is 14.8 Å². The van der Waals surface area contributed by atoms with E-state index in [9.17, 15) is 4.79 Å². The first kappa shape index (κ1) is 20.2. The third-order valence-corrected chi connectivity index (χ3v) is 5.29. The van der Waals surface area contributed by atoms with Crippen LogP contribution in [0.3, 0.4) is 0 Å². The van der Waals surface area contributed by atoms with E-state index in [1.54, 1.807) is 6.08 Å². The van der Waals surface area contributed by atoms with Crippen LogP contribution in [0.15, 0.2) is 66.3 Å². The molecule has 0 aliphatic carbocycles. The number of allylic oxidation sites excluding steroid dienone is 1. The number of amides is 1. The molecule has 0 aliphatic heterocycles. The normalized spacial score (nSPS) is 10.6. The van der Waals surface area contributed by atoms with Gasteiger partial charge >= 0.3 is 0 Å². The van der Waals surface area contributed by atoms with Crippen LogP contribution in [-0.4, -0.2) is 26.4 Å². The number of thioether (sulfide) groups is 1. The van der Waals surface area contributed by atoms with Crippen molar-refractivity contribution in [2.45, 2.75) is 25.0 Å². The van der Waals surface area contributed by atoms with Gasteiger partial charge in [0.1, 0.15) is 0 Å². The maximum absolute atomic E-state index is 12.3. The van der Waals surface area contributed by atoms with Gasteiger partial charge in [0.05, 0.1) is 5.75 Å². The third-order valence-electron chi connectivity index (χ3n) is 4.09. The van der Waals surface area contributed by atoms with Crippen molar-refractivity contribution in [3.05, 3.63) is 71.8 Å². The van der Waals surface area contributed by atoms with Gasteiger partial charge in [0, 0.05) is 22.8 Å². The fraction of sp³-hybridized carbons (Fsp3) is 0.190. The fourth-order valence-corrected chi connectivity index (χ4v) is 3.62. The van der Waals surface area contributed by atoms with Gasteiger partial charge in [0.2, 0.25) is 5.91 Å². The van der Waals surface area contributed by atoms with Crippen LogP contribution in [0.25, 0.3) is 11.4 Å². The van der Waals surface area contributed by atoms with E-state index in [0.29, 0.717) is 22.5 Å². The molecule has 0 unspecified atom stereocenters. The van der Waals surface area contributed by atoms with Crippen LogP contribution in [-0.2, 0) is 17.8 Å². The maximum atomic E-state index is 12.3. The first-order valence-corrected chi connectivity index (χ1v) is 10.3. The number of aryl methyl sites for hydroxylation is 1. The van der Waals surface area contributed by atoms with Gasteiger partial charge in [-0.2, -0.15) is 0 Å². The van der Waals surface area contributed by atoms with Crippen LogP contribution >= 0.6 is 23.4 Å². The average Bonchev–Trinajstić information content (AvgIpc) is 3.10. The number of hydrogen-bond acceptors (Lipinski definition) is 4. The fourth-order valence-electron chi connectivity index (χ4n) is 2.68. The molecule has 3 aromatic rings. The molecule has 1 aromatic heterocycles. The average molecular weight is 413 g/mol. The largest absolute Gasteiger partial charge is 0.325 e. The Morgan fingerprint density at radius 1 is 1.25 bits per heavy atom. The van der Waals surface area contributed by atoms with Crippen molar-refractivity contribution in [1.29, 1.82) is 0 Å². The van der Waals surface area contributed by atoms with Gasteiger partial charge in [0.15, 0.2) is 11.0 Å². The molecular formula is C21H21ClN4OS. The minimum Gasteiger partial charge on any atom is -0.325 e. The molecule has 28 heavy (non-hydrogen) atoms. The second-order valence-corrected chi connectivity index (χ2v) is 7.48. The molecule has 0 spiro atoms. The number of anilines is 1. The van der Waals surface area contributed by atoms with E-state index in [0.717, 1.165) is 17.7 Å². The predicted molar refractivity (Wildman–Crippen MR) is 116 cm³/mol. The van der Waals surface area contributed by atoms with Gasteiger partial charge in [0.25, 0.3) is 0 Å². The number of carbonyl (C=O) groups excluding carboxylic acids is 1. The molecule has 144 valence electrons. The Labute approximate surface area is 173 Å². The smallest absolute Gasteiger partial charge is 0.234 e. The van der Waals surface area contributed by atoms with Crippen LogP contribution in [0.4, 0.5) is 5.69 Å². The summed E-state index contributed by atoms with van der Waals surface area (Å²) < 4.78 is 1.92. The third kappa shape index (κ3) is 5.03. The minimum absolute atomic E-state index is 0.0910. The highest BCUT2D eigenvalue weighted by molar-refractivity contribution is 7.99. The first-order chi connectivity index (χ1) is 13.6. The topological polar surface area (TPSA) is 59.8 Å². The Balaban J connectivity index is 1.69. The summed E-state index contributed by atoms with van der Waals surface area (Å²) in [6.07, 6.45) is 2.74. The zero-order chi connectivity index (χ0) is 19.9. The van der Waals surface area contributed by atoms with Gasteiger partial charge in [-0.25, -0.2) is 0 Å². The lowest BCUT2D eigenvalue weighted by Crippen LogP contribution is -2.14. The molecule has 0 atom stereocenters. The summed E-state index contributed by atoms with van der Waals surface area (Å²) in [6.45, 7) is 6.44. The van der Waals surface area contributed by atoms with E-state index in [1.165, 1.54) is 17.3 Å². The lowest BCUT2D eigenvalue weighted by molar-refractivity contribution is -0.113. The number of benzene rings is 2. The van der Waals surface area contributed by atoms with E-state index in [1.807, 2.05) is 53.1 Å². The van der Waals surface area contributed by atoms with Crippen molar-refractivity contribution in [3.8, 4) is 11.4 Å². The molecule has 7 heteroatoms. The Morgan fingerprint density at radius 3 is 2.71 bits per heavy atom. The van der Waals surface area contributed by atoms with Gasteiger partial charge in [-0.3, -0.25) is 9.36 Å². The molecule has 0 fully saturated rings. The van der Waals surface area contributed by atoms with Crippen LogP contribution in [0.1, 0.15) is 12.5 Å². The number of aromatic nitrogens is 3. The highest BCUT2D eigenvalue weighted by atomic mass is 35.5. The molecule has 5 nitrogen and oxygen atoms in total. The molecule has 0 saturated carbocycles. The zero-order valence-corrected chi connectivity index (χ0v) is 17.1. The molecule has 2 aromatic carbocycles. The molecule has 1 N–H and O–H groups in total. The molecule has 0 saturated heterocycles. The van der Waals surface area contributed by atoms with Crippen LogP contribution in [0.5, 0.6) is 0 Å². The lowest BCUT2D eigenvalue weighted by Gasteiger charge is -2.09. The summed E-state index contributed by atoms with van der Waals surface area (Å²) in [5, 5.41) is 12.7. The van der Waals surface area contributed by atoms with Crippen LogP contribution in [0.2, 0.25) is 5.02 Å². The van der Waals surface area contributed by atoms with E-state index in [4.69, 9.17) is 11.6 Å². The number of rotatable bonds is 8. The number of nitrogens with one attached hydrogen (secondary N) is 1. The Hall–Kier alpha value is -2.57. The Kier molecular flexibility index (Phi) is 6.90. The minimum atomic E-state index is -0.0910. The summed E-state index contributed by atoms with van der Waals surface area (Å²) in [5.74, 6) is 0.840. The zero-order valence-electron chi connectivity index (χ0n) is 15.6. The first-order valence-electron chi connectivity index (χ1n) is 8.92. The number of halogens is 1. The summed E-state index contributed by atoms with van der Waals surface area (Å²) in [4.78, 5) is 12.3. The summed E-state index contributed by atoms with van der Waals surface area (Å²) in [5.41, 5.74) is 2.89. The van der Waals surface area contributed by atoms with Crippen LogP contribution in [0, 0.1) is 0 Å². The van der Waals surface area contributed by atoms with E-state index < -0.39 is 0 Å². The van der Waals surface area contributed by atoms with Crippen LogP contribution < -0.4 is 5.32 Å². The van der Waals surface area contributed by atoms with Crippen molar-refractivity contribution in [3.63, 3.8) is 0 Å². The van der Waals surface area contributed by atoms with Gasteiger partial charge in [-0.05, 0) is 36.2 Å². The molecule has 0 bridgehead atoms. The second-order valence-electron chi connectivity index (χ2n) is 6.10. The quantitative estimate of drug-likeness (QED) is 0.414. The lowest BCUT2D eigenvalue weighted by atomic mass is 10.1. The van der Waals surface area contributed by atoms with Crippen molar-refractivity contribution >= 4 is 35.0 Å². The van der Waals surface area contributed by atoms with Crippen molar-refractivity contribution in [2.24, 2.45) is 0 Å². The predicted octanol–water partition coefficient (Wildman–Crippen LogP) is 5.08. The molecule has 3 rings (SSSR count). The van der Waals surface area contributed by atoms with Gasteiger partial charge < -0.3 is 5.32 Å². The van der Waals surface area contributed by atoms with Crippen molar-refractivity contribution < 1.29 is 4.79 Å².